The van der Waals surface area contributed by atoms with Crippen LogP contribution in [0, 0.1) is 19.8 Å². The lowest BCUT2D eigenvalue weighted by molar-refractivity contribution is -0.120. The minimum absolute atomic E-state index is 0.0259. The summed E-state index contributed by atoms with van der Waals surface area (Å²) < 4.78 is 7.61. The Morgan fingerprint density at radius 3 is 2.61 bits per heavy atom. The van der Waals surface area contributed by atoms with Gasteiger partial charge in [0.05, 0.1) is 18.7 Å². The van der Waals surface area contributed by atoms with Gasteiger partial charge in [0, 0.05) is 30.8 Å². The predicted molar refractivity (Wildman–Crippen MR) is 123 cm³/mol. The molecule has 3 aromatic rings. The first-order valence-corrected chi connectivity index (χ1v) is 11.1. The highest BCUT2D eigenvalue weighted by atomic mass is 16.5. The quantitative estimate of drug-likeness (QED) is 0.610. The van der Waals surface area contributed by atoms with Gasteiger partial charge in [0.15, 0.2) is 0 Å². The standard InChI is InChI=1S/C26H31N3O2/c1-17(2)16-29-19(4)24(18(3)28-29)14-26(30)27-15-20-5-7-21(8-6-20)22-9-10-25-23(13-22)11-12-31-25/h5-10,13,17H,11-12,14-16H2,1-4H3,(H,27,30). The molecular weight excluding hydrogens is 386 g/mol. The van der Waals surface area contributed by atoms with Gasteiger partial charge < -0.3 is 10.1 Å². The predicted octanol–water partition coefficient (Wildman–Crippen LogP) is 4.62. The first-order chi connectivity index (χ1) is 14.9. The Morgan fingerprint density at radius 1 is 1.13 bits per heavy atom. The molecule has 2 aromatic carbocycles. The highest BCUT2D eigenvalue weighted by Gasteiger charge is 2.16. The summed E-state index contributed by atoms with van der Waals surface area (Å²) in [6, 6.07) is 14.8. The van der Waals surface area contributed by atoms with Crippen molar-refractivity contribution >= 4 is 5.91 Å². The van der Waals surface area contributed by atoms with Crippen LogP contribution in [0.15, 0.2) is 42.5 Å². The average Bonchev–Trinajstić information content (AvgIpc) is 3.32. The monoisotopic (exact) mass is 417 g/mol. The molecule has 31 heavy (non-hydrogen) atoms. The summed E-state index contributed by atoms with van der Waals surface area (Å²) in [6.07, 6.45) is 1.34. The molecule has 0 unspecified atom stereocenters. The zero-order valence-corrected chi connectivity index (χ0v) is 18.9. The number of carbonyl (C=O) groups excluding carboxylic acids is 1. The Labute approximate surface area is 184 Å². The number of benzene rings is 2. The van der Waals surface area contributed by atoms with Crippen LogP contribution < -0.4 is 10.1 Å². The number of rotatable bonds is 7. The van der Waals surface area contributed by atoms with Crippen LogP contribution in [0.3, 0.4) is 0 Å². The fourth-order valence-corrected chi connectivity index (χ4v) is 4.12. The van der Waals surface area contributed by atoms with Crippen LogP contribution in [0.4, 0.5) is 0 Å². The molecule has 2 heterocycles. The van der Waals surface area contributed by atoms with E-state index in [2.05, 4.69) is 73.7 Å². The normalized spacial score (nSPS) is 12.7. The van der Waals surface area contributed by atoms with Gasteiger partial charge in [0.25, 0.3) is 0 Å². The number of hydrogen-bond acceptors (Lipinski definition) is 3. The maximum Gasteiger partial charge on any atom is 0.224 e. The van der Waals surface area contributed by atoms with Gasteiger partial charge in [-0.3, -0.25) is 9.48 Å². The van der Waals surface area contributed by atoms with Crippen LogP contribution in [0.2, 0.25) is 0 Å². The van der Waals surface area contributed by atoms with Crippen LogP contribution in [-0.2, 0) is 30.7 Å². The lowest BCUT2D eigenvalue weighted by atomic mass is 10.0. The molecule has 1 aromatic heterocycles. The van der Waals surface area contributed by atoms with Crippen molar-refractivity contribution in [3.8, 4) is 16.9 Å². The van der Waals surface area contributed by atoms with Crippen LogP contribution in [0.1, 0.15) is 41.9 Å². The van der Waals surface area contributed by atoms with Crippen LogP contribution in [0.25, 0.3) is 11.1 Å². The van der Waals surface area contributed by atoms with E-state index in [1.807, 2.05) is 11.6 Å². The maximum absolute atomic E-state index is 12.6. The van der Waals surface area contributed by atoms with E-state index in [4.69, 9.17) is 4.74 Å². The number of nitrogens with zero attached hydrogens (tertiary/aromatic N) is 2. The van der Waals surface area contributed by atoms with Gasteiger partial charge in [0.1, 0.15) is 5.75 Å². The second-order valence-electron chi connectivity index (χ2n) is 8.80. The summed E-state index contributed by atoms with van der Waals surface area (Å²) >= 11 is 0. The van der Waals surface area contributed by atoms with Gasteiger partial charge in [-0.2, -0.15) is 5.10 Å². The third-order valence-corrected chi connectivity index (χ3v) is 5.87. The summed E-state index contributed by atoms with van der Waals surface area (Å²) in [5.74, 6) is 1.55. The molecule has 0 saturated carbocycles. The highest BCUT2D eigenvalue weighted by Crippen LogP contribution is 2.30. The molecule has 1 aliphatic rings. The SMILES string of the molecule is Cc1nn(CC(C)C)c(C)c1CC(=O)NCc1ccc(-c2ccc3c(c2)CCO3)cc1. The largest absolute Gasteiger partial charge is 0.493 e. The first-order valence-electron chi connectivity index (χ1n) is 11.1. The molecule has 4 rings (SSSR count). The topological polar surface area (TPSA) is 56.2 Å². The van der Waals surface area contributed by atoms with Crippen molar-refractivity contribution in [2.45, 2.75) is 53.6 Å². The van der Waals surface area contributed by atoms with Crippen molar-refractivity contribution in [3.63, 3.8) is 0 Å². The van der Waals surface area contributed by atoms with E-state index < -0.39 is 0 Å². The van der Waals surface area contributed by atoms with Crippen molar-refractivity contribution in [3.05, 3.63) is 70.5 Å². The molecule has 0 saturated heterocycles. The minimum atomic E-state index is 0.0259. The molecule has 5 nitrogen and oxygen atoms in total. The number of carbonyl (C=O) groups is 1. The van der Waals surface area contributed by atoms with E-state index in [1.54, 1.807) is 0 Å². The zero-order valence-electron chi connectivity index (χ0n) is 18.9. The van der Waals surface area contributed by atoms with Gasteiger partial charge in [-0.05, 0) is 54.2 Å². The molecule has 0 spiro atoms. The molecule has 0 bridgehead atoms. The Morgan fingerprint density at radius 2 is 1.87 bits per heavy atom. The Hall–Kier alpha value is -3.08. The highest BCUT2D eigenvalue weighted by molar-refractivity contribution is 5.79. The van der Waals surface area contributed by atoms with E-state index in [0.717, 1.165) is 47.8 Å². The number of hydrogen-bond donors (Lipinski definition) is 1. The molecule has 0 aliphatic carbocycles. The molecule has 0 fully saturated rings. The van der Waals surface area contributed by atoms with E-state index in [0.29, 0.717) is 18.9 Å². The number of ether oxygens (including phenoxy) is 1. The molecule has 0 atom stereocenters. The van der Waals surface area contributed by atoms with Crippen LogP contribution >= 0.6 is 0 Å². The number of aromatic nitrogens is 2. The van der Waals surface area contributed by atoms with Crippen molar-refractivity contribution in [2.75, 3.05) is 6.61 Å². The molecule has 5 heteroatoms. The average molecular weight is 418 g/mol. The summed E-state index contributed by atoms with van der Waals surface area (Å²) in [7, 11) is 0. The molecule has 0 radical (unpaired) electrons. The Balaban J connectivity index is 1.35. The van der Waals surface area contributed by atoms with Gasteiger partial charge in [0.2, 0.25) is 5.91 Å². The van der Waals surface area contributed by atoms with E-state index in [9.17, 15) is 4.79 Å². The first kappa shape index (κ1) is 21.2. The van der Waals surface area contributed by atoms with E-state index in [-0.39, 0.29) is 5.91 Å². The smallest absolute Gasteiger partial charge is 0.224 e. The Bertz CT molecular complexity index is 1080. The number of amides is 1. The summed E-state index contributed by atoms with van der Waals surface area (Å²) in [6.45, 7) is 10.5. The van der Waals surface area contributed by atoms with Crippen LogP contribution in [-0.4, -0.2) is 22.3 Å². The maximum atomic E-state index is 12.6. The van der Waals surface area contributed by atoms with Gasteiger partial charge in [-0.25, -0.2) is 0 Å². The fourth-order valence-electron chi connectivity index (χ4n) is 4.12. The second-order valence-corrected chi connectivity index (χ2v) is 8.80. The second kappa shape index (κ2) is 8.96. The lowest BCUT2D eigenvalue weighted by Gasteiger charge is -2.09. The number of aryl methyl sites for hydroxylation is 1. The zero-order chi connectivity index (χ0) is 22.0. The number of nitrogens with one attached hydrogen (secondary N) is 1. The van der Waals surface area contributed by atoms with Gasteiger partial charge in [-0.1, -0.05) is 44.2 Å². The summed E-state index contributed by atoms with van der Waals surface area (Å²) in [4.78, 5) is 12.6. The third-order valence-electron chi connectivity index (χ3n) is 5.87. The third kappa shape index (κ3) is 4.82. The van der Waals surface area contributed by atoms with Crippen molar-refractivity contribution in [2.24, 2.45) is 5.92 Å². The van der Waals surface area contributed by atoms with Crippen molar-refractivity contribution in [1.29, 1.82) is 0 Å². The molecule has 1 amide bonds. The number of fused-ring (bicyclic) bond motifs is 1. The van der Waals surface area contributed by atoms with Crippen molar-refractivity contribution < 1.29 is 9.53 Å². The molecular formula is C26H31N3O2. The lowest BCUT2D eigenvalue weighted by Crippen LogP contribution is -2.25. The molecule has 162 valence electrons. The minimum Gasteiger partial charge on any atom is -0.493 e. The van der Waals surface area contributed by atoms with Gasteiger partial charge >= 0.3 is 0 Å². The summed E-state index contributed by atoms with van der Waals surface area (Å²) in [5.41, 5.74) is 7.80. The van der Waals surface area contributed by atoms with Crippen LogP contribution in [0.5, 0.6) is 5.75 Å². The van der Waals surface area contributed by atoms with E-state index in [1.165, 1.54) is 16.7 Å². The van der Waals surface area contributed by atoms with Crippen molar-refractivity contribution in [1.82, 2.24) is 15.1 Å². The van der Waals surface area contributed by atoms with E-state index >= 15 is 0 Å². The molecule has 1 N–H and O–H groups in total. The molecule has 1 aliphatic heterocycles. The summed E-state index contributed by atoms with van der Waals surface area (Å²) in [5, 5.41) is 7.66. The fraction of sp³-hybridized carbons (Fsp3) is 0.385. The van der Waals surface area contributed by atoms with Gasteiger partial charge in [-0.15, -0.1) is 0 Å². The Kier molecular flexibility index (Phi) is 6.12.